The van der Waals surface area contributed by atoms with Crippen LogP contribution in [0.15, 0.2) is 35.1 Å². The van der Waals surface area contributed by atoms with Crippen molar-refractivity contribution in [1.29, 1.82) is 0 Å². The van der Waals surface area contributed by atoms with E-state index < -0.39 is 0 Å². The number of nitrogens with zero attached hydrogens (tertiary/aromatic N) is 3. The van der Waals surface area contributed by atoms with Crippen LogP contribution in [0.2, 0.25) is 0 Å². The summed E-state index contributed by atoms with van der Waals surface area (Å²) in [6, 6.07) is 9.78. The number of likely N-dealkylation sites (tertiary alicyclic amines) is 1. The quantitative estimate of drug-likeness (QED) is 0.786. The Bertz CT molecular complexity index is 982. The molecular formula is C21H26N4O. The van der Waals surface area contributed by atoms with Crippen molar-refractivity contribution >= 4 is 16.6 Å². The Kier molecular flexibility index (Phi) is 4.04. The predicted molar refractivity (Wildman–Crippen MR) is 104 cm³/mol. The fourth-order valence-corrected chi connectivity index (χ4v) is 4.93. The number of aromatic nitrogens is 3. The normalized spacial score (nSPS) is 22.5. The van der Waals surface area contributed by atoms with Crippen LogP contribution in [0, 0.1) is 5.92 Å². The summed E-state index contributed by atoms with van der Waals surface area (Å²) in [5, 5.41) is 5.59. The van der Waals surface area contributed by atoms with E-state index in [9.17, 15) is 4.79 Å². The van der Waals surface area contributed by atoms with Crippen LogP contribution in [0.5, 0.6) is 0 Å². The summed E-state index contributed by atoms with van der Waals surface area (Å²) in [4.78, 5) is 18.0. The van der Waals surface area contributed by atoms with Crippen molar-refractivity contribution in [1.82, 2.24) is 19.5 Å². The van der Waals surface area contributed by atoms with Gasteiger partial charge in [-0.15, -0.1) is 0 Å². The molecule has 26 heavy (non-hydrogen) atoms. The smallest absolute Gasteiger partial charge is 0.259 e. The van der Waals surface area contributed by atoms with Crippen LogP contribution in [0.25, 0.3) is 16.6 Å². The van der Waals surface area contributed by atoms with Gasteiger partial charge in [0, 0.05) is 25.1 Å². The minimum absolute atomic E-state index is 0.0361. The van der Waals surface area contributed by atoms with E-state index in [1.807, 2.05) is 28.8 Å². The van der Waals surface area contributed by atoms with E-state index in [0.29, 0.717) is 11.3 Å². The van der Waals surface area contributed by atoms with Gasteiger partial charge < -0.3 is 9.88 Å². The molecule has 5 heteroatoms. The molecule has 3 heterocycles. The predicted octanol–water partition coefficient (Wildman–Crippen LogP) is 3.55. The topological polar surface area (TPSA) is 53.4 Å². The number of H-pyrrole nitrogens is 1. The highest BCUT2D eigenvalue weighted by Gasteiger charge is 2.26. The van der Waals surface area contributed by atoms with Gasteiger partial charge in [0.15, 0.2) is 0 Å². The summed E-state index contributed by atoms with van der Waals surface area (Å²) in [6.07, 6.45) is 8.06. The fraction of sp³-hybridized carbons (Fsp3) is 0.524. The monoisotopic (exact) mass is 350 g/mol. The van der Waals surface area contributed by atoms with Crippen LogP contribution >= 0.6 is 0 Å². The highest BCUT2D eigenvalue weighted by molar-refractivity contribution is 5.80. The number of aromatic amines is 1. The van der Waals surface area contributed by atoms with Crippen LogP contribution in [0.1, 0.15) is 50.1 Å². The lowest BCUT2D eigenvalue weighted by molar-refractivity contribution is 0.178. The molecular weight excluding hydrogens is 324 g/mol. The largest absolute Gasteiger partial charge is 0.306 e. The number of benzene rings is 1. The first kappa shape index (κ1) is 16.1. The SMILES string of the molecule is O=c1[nH]c2cc(C3CCCN(CC4CCCC4)C3)nn2c2ccccc12. The Morgan fingerprint density at radius 2 is 1.96 bits per heavy atom. The first-order chi connectivity index (χ1) is 12.8. The van der Waals surface area contributed by atoms with Crippen molar-refractivity contribution in [3.63, 3.8) is 0 Å². The molecule has 2 aliphatic rings. The maximum atomic E-state index is 12.3. The van der Waals surface area contributed by atoms with Gasteiger partial charge in [-0.05, 0) is 50.3 Å². The molecule has 136 valence electrons. The van der Waals surface area contributed by atoms with E-state index >= 15 is 0 Å². The Morgan fingerprint density at radius 1 is 1.12 bits per heavy atom. The zero-order chi connectivity index (χ0) is 17.5. The first-order valence-corrected chi connectivity index (χ1v) is 10.0. The molecule has 0 radical (unpaired) electrons. The molecule has 5 nitrogen and oxygen atoms in total. The van der Waals surface area contributed by atoms with Crippen molar-refractivity contribution in [3.8, 4) is 0 Å². The summed E-state index contributed by atoms with van der Waals surface area (Å²) in [5.41, 5.74) is 2.77. The van der Waals surface area contributed by atoms with Crippen molar-refractivity contribution in [2.24, 2.45) is 5.92 Å². The maximum Gasteiger partial charge on any atom is 0.259 e. The molecule has 1 aliphatic heterocycles. The van der Waals surface area contributed by atoms with Gasteiger partial charge >= 0.3 is 0 Å². The van der Waals surface area contributed by atoms with E-state index in [4.69, 9.17) is 5.10 Å². The van der Waals surface area contributed by atoms with Gasteiger partial charge in [-0.25, -0.2) is 4.52 Å². The molecule has 2 fully saturated rings. The molecule has 0 bridgehead atoms. The van der Waals surface area contributed by atoms with E-state index in [1.54, 1.807) is 0 Å². The number of rotatable bonds is 3. The summed E-state index contributed by atoms with van der Waals surface area (Å²) in [7, 11) is 0. The minimum Gasteiger partial charge on any atom is -0.306 e. The number of hydrogen-bond acceptors (Lipinski definition) is 3. The fourth-order valence-electron chi connectivity index (χ4n) is 4.93. The summed E-state index contributed by atoms with van der Waals surface area (Å²) in [6.45, 7) is 3.58. The Balaban J connectivity index is 1.44. The average molecular weight is 350 g/mol. The lowest BCUT2D eigenvalue weighted by atomic mass is 9.94. The molecule has 1 saturated heterocycles. The standard InChI is InChI=1S/C21H26N4O/c26-21-17-9-3-4-10-19(17)25-20(22-21)12-18(23-25)16-8-5-11-24(14-16)13-15-6-1-2-7-15/h3-4,9-10,12,15-16H,1-2,5-8,11,13-14H2,(H,22,26). The van der Waals surface area contributed by atoms with Crippen LogP contribution in [0.3, 0.4) is 0 Å². The molecule has 0 spiro atoms. The van der Waals surface area contributed by atoms with Gasteiger partial charge in [0.2, 0.25) is 0 Å². The molecule has 1 unspecified atom stereocenters. The van der Waals surface area contributed by atoms with Gasteiger partial charge in [0.05, 0.1) is 16.6 Å². The lowest BCUT2D eigenvalue weighted by Gasteiger charge is -2.33. The molecule has 1 saturated carbocycles. The second-order valence-corrected chi connectivity index (χ2v) is 8.09. The van der Waals surface area contributed by atoms with Crippen molar-refractivity contribution < 1.29 is 0 Å². The van der Waals surface area contributed by atoms with E-state index in [-0.39, 0.29) is 5.56 Å². The van der Waals surface area contributed by atoms with Crippen molar-refractivity contribution in [2.75, 3.05) is 19.6 Å². The first-order valence-electron chi connectivity index (χ1n) is 10.0. The Hall–Kier alpha value is -2.14. The van der Waals surface area contributed by atoms with Gasteiger partial charge in [-0.1, -0.05) is 25.0 Å². The highest BCUT2D eigenvalue weighted by atomic mass is 16.1. The lowest BCUT2D eigenvalue weighted by Crippen LogP contribution is -2.37. The minimum atomic E-state index is -0.0361. The third-order valence-electron chi connectivity index (χ3n) is 6.26. The molecule has 3 aromatic rings. The van der Waals surface area contributed by atoms with Crippen LogP contribution in [0.4, 0.5) is 0 Å². The number of piperidine rings is 1. The number of nitrogens with one attached hydrogen (secondary N) is 1. The third-order valence-corrected chi connectivity index (χ3v) is 6.26. The van der Waals surface area contributed by atoms with Gasteiger partial charge in [0.25, 0.3) is 5.56 Å². The number of para-hydroxylation sites is 1. The maximum absolute atomic E-state index is 12.3. The zero-order valence-electron chi connectivity index (χ0n) is 15.2. The second kappa shape index (κ2) is 6.54. The van der Waals surface area contributed by atoms with Crippen LogP contribution in [-0.2, 0) is 0 Å². The molecule has 1 atom stereocenters. The van der Waals surface area contributed by atoms with Crippen molar-refractivity contribution in [2.45, 2.75) is 44.4 Å². The third kappa shape index (κ3) is 2.84. The van der Waals surface area contributed by atoms with E-state index in [2.05, 4.69) is 16.0 Å². The highest BCUT2D eigenvalue weighted by Crippen LogP contribution is 2.30. The van der Waals surface area contributed by atoms with Gasteiger partial charge in [0.1, 0.15) is 5.65 Å². The second-order valence-electron chi connectivity index (χ2n) is 8.09. The molecule has 1 aliphatic carbocycles. The van der Waals surface area contributed by atoms with E-state index in [0.717, 1.165) is 29.3 Å². The molecule has 1 aromatic carbocycles. The van der Waals surface area contributed by atoms with Gasteiger partial charge in [-0.2, -0.15) is 5.10 Å². The molecule has 1 N–H and O–H groups in total. The molecule has 2 aromatic heterocycles. The summed E-state index contributed by atoms with van der Waals surface area (Å²) >= 11 is 0. The van der Waals surface area contributed by atoms with Crippen LogP contribution < -0.4 is 5.56 Å². The zero-order valence-corrected chi connectivity index (χ0v) is 15.2. The van der Waals surface area contributed by atoms with Crippen molar-refractivity contribution in [3.05, 3.63) is 46.4 Å². The Labute approximate surface area is 153 Å². The average Bonchev–Trinajstić information content (AvgIpc) is 3.32. The summed E-state index contributed by atoms with van der Waals surface area (Å²) < 4.78 is 1.90. The van der Waals surface area contributed by atoms with Crippen LogP contribution in [-0.4, -0.2) is 39.1 Å². The Morgan fingerprint density at radius 3 is 2.85 bits per heavy atom. The van der Waals surface area contributed by atoms with E-state index in [1.165, 1.54) is 51.6 Å². The molecule has 5 rings (SSSR count). The summed E-state index contributed by atoms with van der Waals surface area (Å²) in [5.74, 6) is 1.36. The molecule has 0 amide bonds. The van der Waals surface area contributed by atoms with Gasteiger partial charge in [-0.3, -0.25) is 4.79 Å². The number of hydrogen-bond donors (Lipinski definition) is 1. The number of fused-ring (bicyclic) bond motifs is 3.